The number of benzene rings is 1. The van der Waals surface area contributed by atoms with Gasteiger partial charge in [0.05, 0.1) is 13.2 Å². The van der Waals surface area contributed by atoms with Crippen molar-refractivity contribution in [1.29, 1.82) is 0 Å². The van der Waals surface area contributed by atoms with E-state index in [9.17, 15) is 9.59 Å². The summed E-state index contributed by atoms with van der Waals surface area (Å²) >= 11 is 0. The smallest absolute Gasteiger partial charge is 0.342 e. The summed E-state index contributed by atoms with van der Waals surface area (Å²) in [5, 5.41) is 0. The molecule has 7 nitrogen and oxygen atoms in total. The Hall–Kier alpha value is -2.64. The number of carbonyl (C=O) groups excluding carboxylic acids is 2. The number of esters is 2. The molecule has 1 aromatic rings. The van der Waals surface area contributed by atoms with Crippen LogP contribution in [0.25, 0.3) is 0 Å². The van der Waals surface area contributed by atoms with Crippen molar-refractivity contribution in [3.8, 4) is 5.75 Å². The van der Waals surface area contributed by atoms with Crippen molar-refractivity contribution in [3.05, 3.63) is 54.1 Å². The van der Waals surface area contributed by atoms with Gasteiger partial charge in [-0.15, -0.1) is 0 Å². The van der Waals surface area contributed by atoms with Crippen molar-refractivity contribution >= 4 is 11.9 Å². The van der Waals surface area contributed by atoms with Crippen molar-refractivity contribution in [1.82, 2.24) is 0 Å². The lowest BCUT2D eigenvalue weighted by molar-refractivity contribution is -0.136. The minimum Gasteiger partial charge on any atom is -0.496 e. The summed E-state index contributed by atoms with van der Waals surface area (Å²) < 4.78 is 27.4. The number of cyclic esters (lactones) is 1. The third-order valence-electron chi connectivity index (χ3n) is 5.69. The Morgan fingerprint density at radius 1 is 1.27 bits per heavy atom. The van der Waals surface area contributed by atoms with Gasteiger partial charge >= 0.3 is 11.9 Å². The maximum atomic E-state index is 13.3. The highest BCUT2D eigenvalue weighted by Gasteiger charge is 2.28. The van der Waals surface area contributed by atoms with Crippen LogP contribution in [0.5, 0.6) is 5.75 Å². The van der Waals surface area contributed by atoms with Crippen LogP contribution in [-0.4, -0.2) is 51.8 Å². The first-order chi connectivity index (χ1) is 16.0. The number of carbonyl (C=O) groups is 2. The predicted octanol–water partition coefficient (Wildman–Crippen LogP) is 4.64. The zero-order valence-corrected chi connectivity index (χ0v) is 19.9. The Labute approximate surface area is 196 Å². The first-order valence-corrected chi connectivity index (χ1v) is 11.4. The zero-order valence-electron chi connectivity index (χ0n) is 19.9. The summed E-state index contributed by atoms with van der Waals surface area (Å²) in [7, 11) is 3.13. The van der Waals surface area contributed by atoms with Crippen molar-refractivity contribution < 1.29 is 33.3 Å². The summed E-state index contributed by atoms with van der Waals surface area (Å²) in [6, 6.07) is 5.61. The zero-order chi connectivity index (χ0) is 24.1. The summed E-state index contributed by atoms with van der Waals surface area (Å²) in [5.74, 6) is -0.153. The van der Waals surface area contributed by atoms with Gasteiger partial charge in [-0.3, -0.25) is 0 Å². The highest BCUT2D eigenvalue weighted by atomic mass is 16.7. The van der Waals surface area contributed by atoms with Gasteiger partial charge in [-0.25, -0.2) is 9.59 Å². The van der Waals surface area contributed by atoms with E-state index in [-0.39, 0.29) is 25.4 Å². The fraction of sp³-hybridized carbons (Fsp3) is 0.538. The Bertz CT molecular complexity index is 802. The second-order valence-electron chi connectivity index (χ2n) is 8.15. The molecule has 0 radical (unpaired) electrons. The lowest BCUT2D eigenvalue weighted by Gasteiger charge is -2.29. The Kier molecular flexibility index (Phi) is 11.7. The fourth-order valence-electron chi connectivity index (χ4n) is 3.94. The number of aryl methyl sites for hydroxylation is 1. The first kappa shape index (κ1) is 26.6. The van der Waals surface area contributed by atoms with E-state index in [2.05, 4.69) is 13.5 Å². The van der Waals surface area contributed by atoms with Gasteiger partial charge in [-0.05, 0) is 36.8 Å². The lowest BCUT2D eigenvalue weighted by Crippen LogP contribution is -2.31. The average Bonchev–Trinajstić information content (AvgIpc) is 2.81. The molecule has 2 rings (SSSR count). The van der Waals surface area contributed by atoms with E-state index in [0.717, 1.165) is 31.2 Å². The normalized spacial score (nSPS) is 21.9. The van der Waals surface area contributed by atoms with Crippen LogP contribution in [0.3, 0.4) is 0 Å². The maximum Gasteiger partial charge on any atom is 0.342 e. The van der Waals surface area contributed by atoms with Crippen LogP contribution in [0.1, 0.15) is 54.9 Å². The highest BCUT2D eigenvalue weighted by molar-refractivity contribution is 5.94. The Morgan fingerprint density at radius 3 is 2.82 bits per heavy atom. The van der Waals surface area contributed by atoms with Crippen molar-refractivity contribution in [2.24, 2.45) is 5.92 Å². The molecule has 0 amide bonds. The summed E-state index contributed by atoms with van der Waals surface area (Å²) in [6.45, 7) is 5.97. The predicted molar refractivity (Wildman–Crippen MR) is 125 cm³/mol. The molecule has 0 saturated carbocycles. The molecule has 3 atom stereocenters. The van der Waals surface area contributed by atoms with Crippen LogP contribution in [0, 0.1) is 5.92 Å². The highest BCUT2D eigenvalue weighted by Crippen LogP contribution is 2.29. The molecule has 0 aromatic heterocycles. The van der Waals surface area contributed by atoms with Crippen molar-refractivity contribution in [2.75, 3.05) is 27.6 Å². The minimum absolute atomic E-state index is 0.141. The molecule has 0 unspecified atom stereocenters. The van der Waals surface area contributed by atoms with Gasteiger partial charge in [0.2, 0.25) is 0 Å². The molecule has 1 aliphatic heterocycles. The van der Waals surface area contributed by atoms with Gasteiger partial charge in [-0.1, -0.05) is 44.2 Å². The topological polar surface area (TPSA) is 80.3 Å². The fourth-order valence-corrected chi connectivity index (χ4v) is 3.94. The average molecular weight is 461 g/mol. The van der Waals surface area contributed by atoms with Gasteiger partial charge in [-0.2, -0.15) is 0 Å². The number of ether oxygens (including phenoxy) is 5. The molecule has 7 heteroatoms. The number of methoxy groups -OCH3 is 2. The SMILES string of the molecule is C=CCOC(=O)C=CC[C@H]1C[C@@H](OCOC)[C@@H](C)CCCCc2cccc(OC)c2C(=O)O1. The van der Waals surface area contributed by atoms with Crippen molar-refractivity contribution in [3.63, 3.8) is 0 Å². The third-order valence-corrected chi connectivity index (χ3v) is 5.69. The molecule has 1 heterocycles. The standard InChI is InChI=1S/C26H36O7/c1-5-16-31-24(27)15-9-13-21-17-23(32-18-29-3)19(2)10-6-7-11-20-12-8-14-22(30-4)25(20)26(28)33-21/h5,8-9,12,14-15,19,21,23H,1,6-7,10-11,13,16-18H2,2-4H3/t19-,21-,23+/m0/s1. The molecule has 1 aliphatic rings. The minimum atomic E-state index is -0.498. The molecule has 0 fully saturated rings. The maximum absolute atomic E-state index is 13.3. The van der Waals surface area contributed by atoms with E-state index >= 15 is 0 Å². The molecule has 0 spiro atoms. The Balaban J connectivity index is 2.29. The van der Waals surface area contributed by atoms with E-state index in [1.54, 1.807) is 26.4 Å². The molecule has 33 heavy (non-hydrogen) atoms. The number of rotatable bonds is 9. The van der Waals surface area contributed by atoms with Gasteiger partial charge in [0.1, 0.15) is 30.8 Å². The first-order valence-electron chi connectivity index (χ1n) is 11.4. The molecular formula is C26H36O7. The molecule has 0 bridgehead atoms. The van der Waals surface area contributed by atoms with Gasteiger partial charge in [0.25, 0.3) is 0 Å². The second-order valence-corrected chi connectivity index (χ2v) is 8.15. The van der Waals surface area contributed by atoms with E-state index in [0.29, 0.717) is 24.2 Å². The van der Waals surface area contributed by atoms with Crippen LogP contribution in [0.4, 0.5) is 0 Å². The summed E-state index contributed by atoms with van der Waals surface area (Å²) in [4.78, 5) is 25.1. The van der Waals surface area contributed by atoms with Crippen LogP contribution in [0.15, 0.2) is 43.0 Å². The van der Waals surface area contributed by atoms with E-state index in [1.165, 1.54) is 12.2 Å². The van der Waals surface area contributed by atoms with Gasteiger partial charge < -0.3 is 23.7 Å². The van der Waals surface area contributed by atoms with Crippen LogP contribution < -0.4 is 4.74 Å². The number of hydrogen-bond donors (Lipinski definition) is 0. The molecular weight excluding hydrogens is 424 g/mol. The van der Waals surface area contributed by atoms with Crippen LogP contribution >= 0.6 is 0 Å². The lowest BCUT2D eigenvalue weighted by atomic mass is 9.91. The number of hydrogen-bond acceptors (Lipinski definition) is 7. The quantitative estimate of drug-likeness (QED) is 0.230. The largest absolute Gasteiger partial charge is 0.496 e. The molecule has 1 aromatic carbocycles. The monoisotopic (exact) mass is 460 g/mol. The molecule has 0 saturated heterocycles. The van der Waals surface area contributed by atoms with E-state index in [4.69, 9.17) is 23.7 Å². The van der Waals surface area contributed by atoms with E-state index < -0.39 is 18.0 Å². The van der Waals surface area contributed by atoms with Crippen molar-refractivity contribution in [2.45, 2.75) is 57.7 Å². The second kappa shape index (κ2) is 14.5. The Morgan fingerprint density at radius 2 is 2.09 bits per heavy atom. The van der Waals surface area contributed by atoms with E-state index in [1.807, 2.05) is 12.1 Å². The summed E-state index contributed by atoms with van der Waals surface area (Å²) in [6.07, 6.45) is 8.40. The molecule has 0 N–H and O–H groups in total. The van der Waals surface area contributed by atoms with Crippen LogP contribution in [0.2, 0.25) is 0 Å². The molecule has 182 valence electrons. The van der Waals surface area contributed by atoms with Crippen LogP contribution in [-0.2, 0) is 30.2 Å². The summed E-state index contributed by atoms with van der Waals surface area (Å²) in [5.41, 5.74) is 1.38. The van der Waals surface area contributed by atoms with Gasteiger partial charge in [0, 0.05) is 26.0 Å². The molecule has 0 aliphatic carbocycles. The van der Waals surface area contributed by atoms with Gasteiger partial charge in [0.15, 0.2) is 0 Å². The number of fused-ring (bicyclic) bond motifs is 1. The third kappa shape index (κ3) is 8.67.